The van der Waals surface area contributed by atoms with Crippen LogP contribution in [-0.2, 0) is 9.53 Å². The maximum atomic E-state index is 14.3. The first-order valence-corrected chi connectivity index (χ1v) is 8.25. The molecule has 2 aliphatic heterocycles. The summed E-state index contributed by atoms with van der Waals surface area (Å²) in [5, 5.41) is 0. The predicted molar refractivity (Wildman–Crippen MR) is 85.3 cm³/mol. The Kier molecular flexibility index (Phi) is 5.25. The van der Waals surface area contributed by atoms with E-state index < -0.39 is 6.04 Å². The van der Waals surface area contributed by atoms with Crippen LogP contribution < -0.4 is 5.73 Å². The summed E-state index contributed by atoms with van der Waals surface area (Å²) in [7, 11) is 0. The molecule has 3 rings (SSSR count). The molecule has 2 heterocycles. The SMILES string of the molecule is NC[C@@H]1CCN(C(=O)[C@@H](c2ccccc2F)N2CCOCC2)C1. The summed E-state index contributed by atoms with van der Waals surface area (Å²) >= 11 is 0. The molecule has 0 radical (unpaired) electrons. The molecule has 0 spiro atoms. The zero-order valence-electron chi connectivity index (χ0n) is 13.3. The topological polar surface area (TPSA) is 58.8 Å². The molecule has 2 saturated heterocycles. The first-order valence-electron chi connectivity index (χ1n) is 8.25. The molecule has 2 N–H and O–H groups in total. The highest BCUT2D eigenvalue weighted by atomic mass is 19.1. The van der Waals surface area contributed by atoms with Crippen molar-refractivity contribution in [2.75, 3.05) is 45.9 Å². The van der Waals surface area contributed by atoms with Gasteiger partial charge in [-0.2, -0.15) is 0 Å². The second-order valence-corrected chi connectivity index (χ2v) is 6.25. The highest BCUT2D eigenvalue weighted by Crippen LogP contribution is 2.28. The van der Waals surface area contributed by atoms with Crippen molar-refractivity contribution in [1.82, 2.24) is 9.80 Å². The summed E-state index contributed by atoms with van der Waals surface area (Å²) in [5.74, 6) is 0.00442. The Bertz CT molecular complexity index is 548. The molecule has 1 amide bonds. The van der Waals surface area contributed by atoms with Crippen LogP contribution in [0.2, 0.25) is 0 Å². The lowest BCUT2D eigenvalue weighted by atomic mass is 10.0. The summed E-state index contributed by atoms with van der Waals surface area (Å²) < 4.78 is 19.7. The highest BCUT2D eigenvalue weighted by molar-refractivity contribution is 5.83. The third-order valence-electron chi connectivity index (χ3n) is 4.78. The molecule has 5 nitrogen and oxygen atoms in total. The number of hydrogen-bond donors (Lipinski definition) is 1. The lowest BCUT2D eigenvalue weighted by molar-refractivity contribution is -0.138. The number of likely N-dealkylation sites (tertiary alicyclic amines) is 1. The lowest BCUT2D eigenvalue weighted by Crippen LogP contribution is -2.47. The molecule has 0 aromatic heterocycles. The van der Waals surface area contributed by atoms with Gasteiger partial charge in [0.2, 0.25) is 5.91 Å². The van der Waals surface area contributed by atoms with Gasteiger partial charge in [-0.05, 0) is 24.9 Å². The number of halogens is 1. The van der Waals surface area contributed by atoms with Crippen LogP contribution >= 0.6 is 0 Å². The molecule has 23 heavy (non-hydrogen) atoms. The van der Waals surface area contributed by atoms with Gasteiger partial charge in [0.05, 0.1) is 13.2 Å². The van der Waals surface area contributed by atoms with Crippen LogP contribution in [0.4, 0.5) is 4.39 Å². The van der Waals surface area contributed by atoms with E-state index in [0.29, 0.717) is 57.4 Å². The maximum Gasteiger partial charge on any atom is 0.244 e. The molecular formula is C17H24FN3O2. The van der Waals surface area contributed by atoms with E-state index >= 15 is 0 Å². The van der Waals surface area contributed by atoms with E-state index in [1.165, 1.54) is 6.07 Å². The molecule has 2 aliphatic rings. The zero-order chi connectivity index (χ0) is 16.2. The third kappa shape index (κ3) is 3.54. The molecule has 0 unspecified atom stereocenters. The molecule has 0 aliphatic carbocycles. The summed E-state index contributed by atoms with van der Waals surface area (Å²) in [5.41, 5.74) is 6.18. The summed E-state index contributed by atoms with van der Waals surface area (Å²) in [6, 6.07) is 6.00. The number of rotatable bonds is 4. The molecule has 1 aromatic rings. The van der Waals surface area contributed by atoms with Crippen molar-refractivity contribution < 1.29 is 13.9 Å². The normalized spacial score (nSPS) is 23.9. The van der Waals surface area contributed by atoms with Crippen molar-refractivity contribution in [1.29, 1.82) is 0 Å². The number of carbonyl (C=O) groups is 1. The van der Waals surface area contributed by atoms with Crippen molar-refractivity contribution in [2.24, 2.45) is 11.7 Å². The summed E-state index contributed by atoms with van der Waals surface area (Å²) in [4.78, 5) is 17.0. The quantitative estimate of drug-likeness (QED) is 0.899. The monoisotopic (exact) mass is 321 g/mol. The van der Waals surface area contributed by atoms with Gasteiger partial charge in [-0.1, -0.05) is 18.2 Å². The van der Waals surface area contributed by atoms with Crippen molar-refractivity contribution >= 4 is 5.91 Å². The Morgan fingerprint density at radius 1 is 1.30 bits per heavy atom. The van der Waals surface area contributed by atoms with Crippen molar-refractivity contribution in [2.45, 2.75) is 12.5 Å². The maximum absolute atomic E-state index is 14.3. The van der Waals surface area contributed by atoms with Crippen LogP contribution in [0.5, 0.6) is 0 Å². The summed E-state index contributed by atoms with van der Waals surface area (Å²) in [6.07, 6.45) is 0.926. The summed E-state index contributed by atoms with van der Waals surface area (Å²) in [6.45, 7) is 4.39. The Hall–Kier alpha value is -1.50. The van der Waals surface area contributed by atoms with E-state index in [2.05, 4.69) is 0 Å². The van der Waals surface area contributed by atoms with E-state index in [4.69, 9.17) is 10.5 Å². The van der Waals surface area contributed by atoms with E-state index in [9.17, 15) is 9.18 Å². The van der Waals surface area contributed by atoms with E-state index in [0.717, 1.165) is 6.42 Å². The molecule has 0 bridgehead atoms. The van der Waals surface area contributed by atoms with E-state index in [1.54, 1.807) is 18.2 Å². The van der Waals surface area contributed by atoms with Gasteiger partial charge in [-0.25, -0.2) is 4.39 Å². The number of nitrogens with two attached hydrogens (primary N) is 1. The number of morpholine rings is 1. The standard InChI is InChI=1S/C17H24FN3O2/c18-15-4-2-1-3-14(15)16(20-7-9-23-10-8-20)17(22)21-6-5-13(11-19)12-21/h1-4,13,16H,5-12,19H2/t13-,16+/m0/s1. The molecule has 2 fully saturated rings. The minimum absolute atomic E-state index is 0.0204. The fourth-order valence-electron chi connectivity index (χ4n) is 3.42. The third-order valence-corrected chi connectivity index (χ3v) is 4.78. The highest BCUT2D eigenvalue weighted by Gasteiger charge is 2.36. The minimum Gasteiger partial charge on any atom is -0.379 e. The Morgan fingerprint density at radius 3 is 2.70 bits per heavy atom. The second kappa shape index (κ2) is 7.38. The van der Waals surface area contributed by atoms with Crippen molar-refractivity contribution in [3.8, 4) is 0 Å². The molecule has 6 heteroatoms. The fraction of sp³-hybridized carbons (Fsp3) is 0.588. The second-order valence-electron chi connectivity index (χ2n) is 6.25. The molecule has 0 saturated carbocycles. The average Bonchev–Trinajstić information content (AvgIpc) is 3.07. The van der Waals surface area contributed by atoms with Gasteiger partial charge >= 0.3 is 0 Å². The first-order chi connectivity index (χ1) is 11.2. The molecule has 2 atom stereocenters. The van der Waals surface area contributed by atoms with Gasteiger partial charge in [0.25, 0.3) is 0 Å². The van der Waals surface area contributed by atoms with E-state index in [-0.39, 0.29) is 11.7 Å². The number of nitrogens with zero attached hydrogens (tertiary/aromatic N) is 2. The van der Waals surface area contributed by atoms with Crippen molar-refractivity contribution in [3.63, 3.8) is 0 Å². The number of benzene rings is 1. The van der Waals surface area contributed by atoms with Gasteiger partial charge in [-0.3, -0.25) is 9.69 Å². The molecular weight excluding hydrogens is 297 g/mol. The van der Waals surface area contributed by atoms with Crippen molar-refractivity contribution in [3.05, 3.63) is 35.6 Å². The van der Waals surface area contributed by atoms with Gasteiger partial charge in [0.1, 0.15) is 11.9 Å². The van der Waals surface area contributed by atoms with Crippen LogP contribution in [0.15, 0.2) is 24.3 Å². The zero-order valence-corrected chi connectivity index (χ0v) is 13.3. The Balaban J connectivity index is 1.85. The average molecular weight is 321 g/mol. The van der Waals surface area contributed by atoms with E-state index in [1.807, 2.05) is 9.80 Å². The number of carbonyl (C=O) groups excluding carboxylic acids is 1. The van der Waals surface area contributed by atoms with Gasteiger partial charge < -0.3 is 15.4 Å². The largest absolute Gasteiger partial charge is 0.379 e. The first kappa shape index (κ1) is 16.4. The lowest BCUT2D eigenvalue weighted by Gasteiger charge is -2.36. The van der Waals surface area contributed by atoms with Crippen LogP contribution in [0.25, 0.3) is 0 Å². The van der Waals surface area contributed by atoms with Gasteiger partial charge in [-0.15, -0.1) is 0 Å². The fourth-order valence-corrected chi connectivity index (χ4v) is 3.42. The minimum atomic E-state index is -0.573. The van der Waals surface area contributed by atoms with Crippen LogP contribution in [0, 0.1) is 11.7 Å². The number of hydrogen-bond acceptors (Lipinski definition) is 4. The predicted octanol–water partition coefficient (Wildman–Crippen LogP) is 1.01. The van der Waals surface area contributed by atoms with Crippen LogP contribution in [-0.4, -0.2) is 61.6 Å². The van der Waals surface area contributed by atoms with Gasteiger partial charge in [0, 0.05) is 31.7 Å². The molecule has 126 valence electrons. The van der Waals surface area contributed by atoms with Crippen LogP contribution in [0.3, 0.4) is 0 Å². The van der Waals surface area contributed by atoms with Crippen LogP contribution in [0.1, 0.15) is 18.0 Å². The molecule has 1 aromatic carbocycles. The number of amides is 1. The smallest absolute Gasteiger partial charge is 0.244 e. The Labute approximate surface area is 136 Å². The van der Waals surface area contributed by atoms with Gasteiger partial charge in [0.15, 0.2) is 0 Å². The number of ether oxygens (including phenoxy) is 1. The Morgan fingerprint density at radius 2 is 2.04 bits per heavy atom.